The largest absolute Gasteiger partial charge is 0.397 e. The van der Waals surface area contributed by atoms with Crippen molar-refractivity contribution in [2.45, 2.75) is 6.42 Å². The van der Waals surface area contributed by atoms with Crippen molar-refractivity contribution in [2.75, 3.05) is 37.4 Å². The lowest BCUT2D eigenvalue weighted by atomic mass is 10.2. The van der Waals surface area contributed by atoms with Crippen LogP contribution in [0.1, 0.15) is 6.42 Å². The molecule has 17 heavy (non-hydrogen) atoms. The number of halogens is 1. The number of methoxy groups -OCH3 is 1. The predicted octanol–water partition coefficient (Wildman–Crippen LogP) is 1.77. The number of nitriles is 1. The Bertz CT molecular complexity index is 383. The van der Waals surface area contributed by atoms with Gasteiger partial charge in [0.1, 0.15) is 5.82 Å². The highest BCUT2D eigenvalue weighted by atomic mass is 19.1. The van der Waals surface area contributed by atoms with E-state index in [2.05, 4.69) is 0 Å². The van der Waals surface area contributed by atoms with E-state index in [-0.39, 0.29) is 5.82 Å². The van der Waals surface area contributed by atoms with Gasteiger partial charge in [-0.25, -0.2) is 4.39 Å². The highest BCUT2D eigenvalue weighted by molar-refractivity contribution is 5.68. The van der Waals surface area contributed by atoms with Crippen molar-refractivity contribution in [3.63, 3.8) is 0 Å². The quantitative estimate of drug-likeness (QED) is 0.766. The number of nitrogens with zero attached hydrogens (tertiary/aromatic N) is 2. The van der Waals surface area contributed by atoms with Gasteiger partial charge < -0.3 is 15.4 Å². The van der Waals surface area contributed by atoms with E-state index in [4.69, 9.17) is 15.7 Å². The molecule has 0 aromatic heterocycles. The maximum atomic E-state index is 13.7. The van der Waals surface area contributed by atoms with E-state index in [1.165, 1.54) is 6.07 Å². The summed E-state index contributed by atoms with van der Waals surface area (Å²) in [4.78, 5) is 1.73. The SMILES string of the molecule is COCCN(CCC#N)c1c(N)cccc1F. The fourth-order valence-corrected chi connectivity index (χ4v) is 1.59. The molecule has 0 amide bonds. The van der Waals surface area contributed by atoms with Crippen LogP contribution in [0.25, 0.3) is 0 Å². The van der Waals surface area contributed by atoms with Crippen LogP contribution in [-0.2, 0) is 4.74 Å². The average Bonchev–Trinajstić information content (AvgIpc) is 2.31. The zero-order valence-corrected chi connectivity index (χ0v) is 9.82. The normalized spacial score (nSPS) is 9.94. The van der Waals surface area contributed by atoms with E-state index < -0.39 is 0 Å². The lowest BCUT2D eigenvalue weighted by Gasteiger charge is -2.25. The van der Waals surface area contributed by atoms with Crippen LogP contribution < -0.4 is 10.6 Å². The first-order valence-corrected chi connectivity index (χ1v) is 5.35. The topological polar surface area (TPSA) is 62.3 Å². The second-order valence-electron chi connectivity index (χ2n) is 3.57. The minimum Gasteiger partial charge on any atom is -0.397 e. The van der Waals surface area contributed by atoms with Crippen LogP contribution >= 0.6 is 0 Å². The van der Waals surface area contributed by atoms with E-state index in [0.717, 1.165) is 0 Å². The Balaban J connectivity index is 2.91. The zero-order valence-electron chi connectivity index (χ0n) is 9.82. The summed E-state index contributed by atoms with van der Waals surface area (Å²) in [7, 11) is 1.58. The summed E-state index contributed by atoms with van der Waals surface area (Å²) < 4.78 is 18.7. The Morgan fingerprint density at radius 1 is 1.47 bits per heavy atom. The second kappa shape index (κ2) is 6.71. The molecular formula is C12H16FN3O. The summed E-state index contributed by atoms with van der Waals surface area (Å²) in [5.74, 6) is -0.376. The predicted molar refractivity (Wildman–Crippen MR) is 65.1 cm³/mol. The van der Waals surface area contributed by atoms with Crippen LogP contribution in [0.3, 0.4) is 0 Å². The molecule has 0 spiro atoms. The molecule has 0 saturated heterocycles. The number of nitrogens with two attached hydrogens (primary N) is 1. The minimum absolute atomic E-state index is 0.317. The van der Waals surface area contributed by atoms with Gasteiger partial charge in [0.2, 0.25) is 0 Å². The lowest BCUT2D eigenvalue weighted by molar-refractivity contribution is 0.205. The summed E-state index contributed by atoms with van der Waals surface area (Å²) in [6.07, 6.45) is 0.317. The van der Waals surface area contributed by atoms with Gasteiger partial charge >= 0.3 is 0 Å². The first-order chi connectivity index (χ1) is 8.20. The Labute approximate surface area is 100 Å². The molecule has 92 valence electrons. The third-order valence-electron chi connectivity index (χ3n) is 2.39. The van der Waals surface area contributed by atoms with Crippen molar-refractivity contribution in [3.05, 3.63) is 24.0 Å². The molecule has 2 N–H and O–H groups in total. The molecule has 0 radical (unpaired) electrons. The van der Waals surface area contributed by atoms with E-state index in [9.17, 15) is 4.39 Å². The fraction of sp³-hybridized carbons (Fsp3) is 0.417. The molecule has 0 atom stereocenters. The van der Waals surface area contributed by atoms with E-state index >= 15 is 0 Å². The Kier molecular flexibility index (Phi) is 5.24. The summed E-state index contributed by atoms with van der Waals surface area (Å²) in [6.45, 7) is 1.40. The molecule has 1 rings (SSSR count). The standard InChI is InChI=1S/C12H16FN3O/c1-17-9-8-16(7-3-6-14)12-10(13)4-2-5-11(12)15/h2,4-5H,3,7-9,15H2,1H3. The maximum absolute atomic E-state index is 13.7. The number of para-hydroxylation sites is 1. The van der Waals surface area contributed by atoms with Crippen LogP contribution in [0.4, 0.5) is 15.8 Å². The lowest BCUT2D eigenvalue weighted by Crippen LogP contribution is -2.29. The van der Waals surface area contributed by atoms with Crippen molar-refractivity contribution in [3.8, 4) is 6.07 Å². The second-order valence-corrected chi connectivity index (χ2v) is 3.57. The number of benzene rings is 1. The highest BCUT2D eigenvalue weighted by Crippen LogP contribution is 2.26. The van der Waals surface area contributed by atoms with Gasteiger partial charge in [0.15, 0.2) is 0 Å². The number of hydrogen-bond acceptors (Lipinski definition) is 4. The van der Waals surface area contributed by atoms with Crippen LogP contribution in [0, 0.1) is 17.1 Å². The molecule has 0 saturated carbocycles. The molecule has 0 aliphatic carbocycles. The van der Waals surface area contributed by atoms with E-state index in [0.29, 0.717) is 37.5 Å². The first kappa shape index (κ1) is 13.3. The number of anilines is 2. The zero-order chi connectivity index (χ0) is 12.7. The van der Waals surface area contributed by atoms with E-state index in [1.807, 2.05) is 6.07 Å². The van der Waals surface area contributed by atoms with Gasteiger partial charge in [0.05, 0.1) is 30.5 Å². The number of hydrogen-bond donors (Lipinski definition) is 1. The first-order valence-electron chi connectivity index (χ1n) is 5.35. The fourth-order valence-electron chi connectivity index (χ4n) is 1.59. The van der Waals surface area contributed by atoms with Crippen LogP contribution in [0.2, 0.25) is 0 Å². The smallest absolute Gasteiger partial charge is 0.148 e. The third-order valence-corrected chi connectivity index (χ3v) is 2.39. The molecule has 0 heterocycles. The van der Waals surface area contributed by atoms with Crippen LogP contribution in [0.15, 0.2) is 18.2 Å². The van der Waals surface area contributed by atoms with Crippen LogP contribution in [0.5, 0.6) is 0 Å². The number of rotatable bonds is 6. The molecule has 0 bridgehead atoms. The molecule has 0 fully saturated rings. The minimum atomic E-state index is -0.376. The molecular weight excluding hydrogens is 221 g/mol. The van der Waals surface area contributed by atoms with Gasteiger partial charge in [-0.2, -0.15) is 5.26 Å². The molecule has 1 aromatic carbocycles. The maximum Gasteiger partial charge on any atom is 0.148 e. The number of nitrogen functional groups attached to an aromatic ring is 1. The van der Waals surface area contributed by atoms with Crippen molar-refractivity contribution < 1.29 is 9.13 Å². The van der Waals surface area contributed by atoms with Crippen molar-refractivity contribution >= 4 is 11.4 Å². The summed E-state index contributed by atoms with van der Waals surface area (Å²) in [6, 6.07) is 6.60. The van der Waals surface area contributed by atoms with Gasteiger partial charge in [-0.15, -0.1) is 0 Å². The van der Waals surface area contributed by atoms with Gasteiger partial charge in [-0.1, -0.05) is 6.07 Å². The number of ether oxygens (including phenoxy) is 1. The van der Waals surface area contributed by atoms with Crippen molar-refractivity contribution in [1.29, 1.82) is 5.26 Å². The Hall–Kier alpha value is -1.80. The Morgan fingerprint density at radius 2 is 2.24 bits per heavy atom. The molecule has 0 aliphatic heterocycles. The van der Waals surface area contributed by atoms with Gasteiger partial charge in [-0.05, 0) is 12.1 Å². The summed E-state index contributed by atoms with van der Waals surface area (Å²) in [5.41, 5.74) is 6.48. The highest BCUT2D eigenvalue weighted by Gasteiger charge is 2.14. The summed E-state index contributed by atoms with van der Waals surface area (Å²) >= 11 is 0. The summed E-state index contributed by atoms with van der Waals surface area (Å²) in [5, 5.41) is 8.59. The Morgan fingerprint density at radius 3 is 2.82 bits per heavy atom. The van der Waals surface area contributed by atoms with Gasteiger partial charge in [-0.3, -0.25) is 0 Å². The van der Waals surface area contributed by atoms with Gasteiger partial charge in [0.25, 0.3) is 0 Å². The van der Waals surface area contributed by atoms with Gasteiger partial charge in [0, 0.05) is 20.2 Å². The molecule has 4 nitrogen and oxygen atoms in total. The molecule has 0 unspecified atom stereocenters. The third kappa shape index (κ3) is 3.61. The van der Waals surface area contributed by atoms with E-state index in [1.54, 1.807) is 24.1 Å². The van der Waals surface area contributed by atoms with Crippen LogP contribution in [-0.4, -0.2) is 26.8 Å². The van der Waals surface area contributed by atoms with Crippen molar-refractivity contribution in [2.24, 2.45) is 0 Å². The molecule has 5 heteroatoms. The molecule has 0 aliphatic rings. The van der Waals surface area contributed by atoms with Crippen molar-refractivity contribution in [1.82, 2.24) is 0 Å². The average molecular weight is 237 g/mol. The monoisotopic (exact) mass is 237 g/mol. The molecule has 1 aromatic rings.